The van der Waals surface area contributed by atoms with Gasteiger partial charge in [-0.3, -0.25) is 0 Å². The van der Waals surface area contributed by atoms with E-state index in [9.17, 15) is 8.78 Å². The summed E-state index contributed by atoms with van der Waals surface area (Å²) in [5.74, 6) is -1.04. The van der Waals surface area contributed by atoms with E-state index < -0.39 is 11.6 Å². The van der Waals surface area contributed by atoms with Crippen LogP contribution in [-0.4, -0.2) is 17.0 Å². The lowest BCUT2D eigenvalue weighted by atomic mass is 9.97. The molecule has 1 heterocycles. The molecule has 0 saturated carbocycles. The quantitative estimate of drug-likeness (QED) is 0.729. The zero-order valence-electron chi connectivity index (χ0n) is 11.4. The van der Waals surface area contributed by atoms with Crippen molar-refractivity contribution >= 4 is 21.6 Å². The van der Waals surface area contributed by atoms with Gasteiger partial charge in [0.1, 0.15) is 11.6 Å². The molecule has 2 atom stereocenters. The Labute approximate surface area is 120 Å². The van der Waals surface area contributed by atoms with Crippen molar-refractivity contribution in [2.75, 3.05) is 0 Å². The molecule has 0 radical (unpaired) electrons. The van der Waals surface area contributed by atoms with E-state index in [0.717, 1.165) is 6.07 Å². The molecule has 1 aromatic rings. The van der Waals surface area contributed by atoms with Crippen LogP contribution in [0.3, 0.4) is 0 Å². The summed E-state index contributed by atoms with van der Waals surface area (Å²) in [7, 11) is 3.30. The number of ether oxygens (including phenoxy) is 1. The molecule has 106 valence electrons. The van der Waals surface area contributed by atoms with Gasteiger partial charge in [0.25, 0.3) is 0 Å². The molecule has 1 saturated heterocycles. The zero-order chi connectivity index (χ0) is 14.2. The predicted molar refractivity (Wildman–Crippen MR) is 78.4 cm³/mol. The van der Waals surface area contributed by atoms with Crippen molar-refractivity contribution in [2.24, 2.45) is 0 Å². The van der Waals surface area contributed by atoms with Gasteiger partial charge in [0.2, 0.25) is 0 Å². The molecule has 1 fully saturated rings. The Morgan fingerprint density at radius 2 is 1.95 bits per heavy atom. The fraction of sp³-hybridized carbons (Fsp3) is 0.571. The molecular formula is C14H18F2OS2. The minimum Gasteiger partial charge on any atom is -0.373 e. The first-order valence-corrected chi connectivity index (χ1v) is 8.47. The molecule has 0 unspecified atom stereocenters. The number of benzene rings is 1. The van der Waals surface area contributed by atoms with Gasteiger partial charge < -0.3 is 4.74 Å². The van der Waals surface area contributed by atoms with E-state index >= 15 is 0 Å². The lowest BCUT2D eigenvalue weighted by Gasteiger charge is -2.30. The van der Waals surface area contributed by atoms with E-state index in [4.69, 9.17) is 4.74 Å². The summed E-state index contributed by atoms with van der Waals surface area (Å²) in [5, 5.41) is -0.108. The van der Waals surface area contributed by atoms with Crippen molar-refractivity contribution < 1.29 is 13.5 Å². The molecular weight excluding hydrogens is 286 g/mol. The van der Waals surface area contributed by atoms with Crippen LogP contribution in [0.2, 0.25) is 0 Å². The molecule has 0 spiro atoms. The van der Waals surface area contributed by atoms with Gasteiger partial charge in [-0.15, -0.1) is 0 Å². The molecule has 2 rings (SSSR count). The number of rotatable bonds is 3. The van der Waals surface area contributed by atoms with Crippen LogP contribution in [0.5, 0.6) is 0 Å². The molecule has 0 aromatic heterocycles. The smallest absolute Gasteiger partial charge is 0.130 e. The average Bonchev–Trinajstić information content (AvgIpc) is 2.55. The third-order valence-corrected chi connectivity index (χ3v) is 6.68. The fourth-order valence-electron chi connectivity index (χ4n) is 2.11. The second-order valence-corrected chi connectivity index (χ2v) is 8.47. The summed E-state index contributed by atoms with van der Waals surface area (Å²) in [6.45, 7) is 8.14. The van der Waals surface area contributed by atoms with Crippen molar-refractivity contribution in [1.29, 1.82) is 0 Å². The third kappa shape index (κ3) is 3.26. The Morgan fingerprint density at radius 1 is 1.26 bits per heavy atom. The number of hydrogen-bond acceptors (Lipinski definition) is 3. The molecule has 5 heteroatoms. The Morgan fingerprint density at radius 3 is 2.53 bits per heavy atom. The minimum absolute atomic E-state index is 0.0783. The maximum absolute atomic E-state index is 13.9. The summed E-state index contributed by atoms with van der Waals surface area (Å²) < 4.78 is 32.8. The number of halogens is 2. The summed E-state index contributed by atoms with van der Waals surface area (Å²) in [5.41, 5.74) is 0.523. The summed E-state index contributed by atoms with van der Waals surface area (Å²) >= 11 is 0. The van der Waals surface area contributed by atoms with Crippen LogP contribution in [0, 0.1) is 11.6 Å². The van der Waals surface area contributed by atoms with Gasteiger partial charge in [-0.25, -0.2) is 8.78 Å². The van der Waals surface area contributed by atoms with E-state index in [2.05, 4.69) is 13.8 Å². The zero-order valence-corrected chi connectivity index (χ0v) is 13.1. The lowest BCUT2D eigenvalue weighted by molar-refractivity contribution is -0.00799. The van der Waals surface area contributed by atoms with Gasteiger partial charge in [-0.1, -0.05) is 27.7 Å². The van der Waals surface area contributed by atoms with Crippen LogP contribution in [0.15, 0.2) is 18.2 Å². The first-order valence-electron chi connectivity index (χ1n) is 6.26. The summed E-state index contributed by atoms with van der Waals surface area (Å²) in [4.78, 5) is 0. The summed E-state index contributed by atoms with van der Waals surface area (Å²) in [6, 6.07) is 3.78. The molecule has 1 aliphatic rings. The predicted octanol–water partition coefficient (Wildman–Crippen LogP) is 4.97. The van der Waals surface area contributed by atoms with Crippen LogP contribution in [0.4, 0.5) is 8.78 Å². The van der Waals surface area contributed by atoms with Gasteiger partial charge in [-0.05, 0) is 33.8 Å². The van der Waals surface area contributed by atoms with E-state index in [1.54, 1.807) is 21.6 Å². The Balaban J connectivity index is 2.32. The van der Waals surface area contributed by atoms with Gasteiger partial charge >= 0.3 is 0 Å². The number of hydrogen-bond donors (Lipinski definition) is 0. The van der Waals surface area contributed by atoms with Crippen LogP contribution >= 0.6 is 21.6 Å². The molecule has 0 amide bonds. The Bertz CT molecular complexity index is 463. The van der Waals surface area contributed by atoms with E-state index in [-0.39, 0.29) is 22.2 Å². The highest BCUT2D eigenvalue weighted by molar-refractivity contribution is 8.77. The van der Waals surface area contributed by atoms with Gasteiger partial charge in [0.05, 0.1) is 17.5 Å². The lowest BCUT2D eigenvalue weighted by Crippen LogP contribution is -2.36. The Kier molecular flexibility index (Phi) is 4.48. The largest absolute Gasteiger partial charge is 0.373 e. The van der Waals surface area contributed by atoms with E-state index in [1.807, 2.05) is 13.8 Å². The highest BCUT2D eigenvalue weighted by Crippen LogP contribution is 2.59. The van der Waals surface area contributed by atoms with Crippen molar-refractivity contribution in [3.05, 3.63) is 35.4 Å². The molecule has 1 aromatic carbocycles. The normalized spacial score (nSPS) is 26.1. The fourth-order valence-corrected chi connectivity index (χ4v) is 5.59. The monoisotopic (exact) mass is 304 g/mol. The standard InChI is InChI=1S/C14H18F2OS2/c1-8(2)17-13-12(18-19-14(13,3)4)10-6-5-9(15)7-11(10)16/h5-8,12-13H,1-4H3/t12-,13+/m1/s1. The van der Waals surface area contributed by atoms with Crippen LogP contribution in [-0.2, 0) is 4.74 Å². The molecule has 19 heavy (non-hydrogen) atoms. The van der Waals surface area contributed by atoms with Crippen molar-refractivity contribution in [2.45, 2.75) is 49.9 Å². The second-order valence-electron chi connectivity index (χ2n) is 5.47. The molecule has 1 aliphatic heterocycles. The topological polar surface area (TPSA) is 9.23 Å². The van der Waals surface area contributed by atoms with Crippen molar-refractivity contribution in [3.8, 4) is 0 Å². The minimum atomic E-state index is -0.544. The highest BCUT2D eigenvalue weighted by Gasteiger charge is 2.46. The van der Waals surface area contributed by atoms with Gasteiger partial charge in [0, 0.05) is 16.4 Å². The Hall–Kier alpha value is -0.260. The van der Waals surface area contributed by atoms with Crippen LogP contribution in [0.25, 0.3) is 0 Å². The maximum Gasteiger partial charge on any atom is 0.130 e. The van der Waals surface area contributed by atoms with Gasteiger partial charge in [-0.2, -0.15) is 0 Å². The van der Waals surface area contributed by atoms with E-state index in [0.29, 0.717) is 5.56 Å². The van der Waals surface area contributed by atoms with Crippen LogP contribution in [0.1, 0.15) is 38.5 Å². The molecule has 0 N–H and O–H groups in total. The molecule has 1 nitrogen and oxygen atoms in total. The third-order valence-electron chi connectivity index (χ3n) is 3.01. The first-order chi connectivity index (χ1) is 8.81. The molecule has 0 bridgehead atoms. The van der Waals surface area contributed by atoms with E-state index in [1.165, 1.54) is 12.1 Å². The molecule has 0 aliphatic carbocycles. The van der Waals surface area contributed by atoms with Gasteiger partial charge in [0.15, 0.2) is 0 Å². The first kappa shape index (κ1) is 15.1. The SMILES string of the molecule is CC(C)O[C@H]1[C@@H](c2ccc(F)cc2F)SSC1(C)C. The van der Waals surface area contributed by atoms with Crippen molar-refractivity contribution in [1.82, 2.24) is 0 Å². The van der Waals surface area contributed by atoms with Crippen LogP contribution < -0.4 is 0 Å². The highest BCUT2D eigenvalue weighted by atomic mass is 33.1. The second kappa shape index (κ2) is 5.62. The van der Waals surface area contributed by atoms with Crippen molar-refractivity contribution in [3.63, 3.8) is 0 Å². The summed E-state index contributed by atoms with van der Waals surface area (Å²) in [6.07, 6.45) is -0.0166. The average molecular weight is 304 g/mol. The maximum atomic E-state index is 13.9.